The second-order valence-corrected chi connectivity index (χ2v) is 5.66. The van der Waals surface area contributed by atoms with Crippen LogP contribution in [0.15, 0.2) is 12.1 Å². The molecule has 2 aromatic rings. The van der Waals surface area contributed by atoms with Gasteiger partial charge < -0.3 is 9.30 Å². The minimum absolute atomic E-state index is 0.188. The first-order chi connectivity index (χ1) is 9.04. The Kier molecular flexibility index (Phi) is 4.96. The van der Waals surface area contributed by atoms with Gasteiger partial charge in [-0.15, -0.1) is 11.6 Å². The molecule has 0 saturated carbocycles. The molecular formula is C13H15Cl3N2O. The molecule has 6 heteroatoms. The predicted octanol–water partition coefficient (Wildman–Crippen LogP) is 4.68. The van der Waals surface area contributed by atoms with Crippen LogP contribution < -0.4 is 0 Å². The molecule has 1 aromatic carbocycles. The number of nitrogens with zero attached hydrogens (tertiary/aromatic N) is 2. The number of halogens is 3. The molecule has 2 rings (SSSR count). The van der Waals surface area contributed by atoms with Crippen molar-refractivity contribution in [1.29, 1.82) is 0 Å². The summed E-state index contributed by atoms with van der Waals surface area (Å²) < 4.78 is 7.43. The van der Waals surface area contributed by atoms with Crippen LogP contribution in [0.1, 0.15) is 25.0 Å². The third kappa shape index (κ3) is 3.16. The van der Waals surface area contributed by atoms with Crippen LogP contribution in [0.5, 0.6) is 0 Å². The largest absolute Gasteiger partial charge is 0.380 e. The fourth-order valence-electron chi connectivity index (χ4n) is 1.98. The summed E-state index contributed by atoms with van der Waals surface area (Å²) in [4.78, 5) is 4.53. The maximum absolute atomic E-state index is 6.18. The monoisotopic (exact) mass is 320 g/mol. The van der Waals surface area contributed by atoms with E-state index in [1.807, 2.05) is 24.5 Å². The second-order valence-electron chi connectivity index (χ2n) is 4.19. The highest BCUT2D eigenvalue weighted by Crippen LogP contribution is 2.31. The minimum atomic E-state index is -0.188. The smallest absolute Gasteiger partial charge is 0.127 e. The number of hydrogen-bond donors (Lipinski definition) is 0. The lowest BCUT2D eigenvalue weighted by Crippen LogP contribution is -2.09. The first kappa shape index (κ1) is 14.9. The molecule has 0 saturated heterocycles. The van der Waals surface area contributed by atoms with Crippen molar-refractivity contribution >= 4 is 45.8 Å². The molecule has 0 radical (unpaired) electrons. The number of rotatable bonds is 5. The van der Waals surface area contributed by atoms with E-state index >= 15 is 0 Å². The van der Waals surface area contributed by atoms with Crippen molar-refractivity contribution in [2.75, 3.05) is 13.2 Å². The molecular weight excluding hydrogens is 307 g/mol. The van der Waals surface area contributed by atoms with Gasteiger partial charge in [-0.2, -0.15) is 0 Å². The Morgan fingerprint density at radius 2 is 2.00 bits per heavy atom. The molecule has 0 aliphatic carbocycles. The normalized spacial score (nSPS) is 13.1. The van der Waals surface area contributed by atoms with Gasteiger partial charge in [0.05, 0.1) is 33.1 Å². The van der Waals surface area contributed by atoms with Gasteiger partial charge in [0.25, 0.3) is 0 Å². The van der Waals surface area contributed by atoms with Crippen LogP contribution in [0, 0.1) is 0 Å². The molecule has 0 aliphatic rings. The van der Waals surface area contributed by atoms with E-state index in [2.05, 4.69) is 4.98 Å². The average Bonchev–Trinajstić information content (AvgIpc) is 2.69. The molecule has 1 unspecified atom stereocenters. The van der Waals surface area contributed by atoms with Crippen LogP contribution in [-0.4, -0.2) is 22.8 Å². The second kappa shape index (κ2) is 6.31. The van der Waals surface area contributed by atoms with Crippen molar-refractivity contribution in [3.05, 3.63) is 28.0 Å². The van der Waals surface area contributed by atoms with Crippen molar-refractivity contribution in [3.63, 3.8) is 0 Å². The molecule has 3 nitrogen and oxygen atoms in total. The average molecular weight is 322 g/mol. The highest BCUT2D eigenvalue weighted by Gasteiger charge is 2.16. The van der Waals surface area contributed by atoms with Gasteiger partial charge in [0.2, 0.25) is 0 Å². The summed E-state index contributed by atoms with van der Waals surface area (Å²) in [6.07, 6.45) is 0. The molecule has 1 aromatic heterocycles. The first-order valence-electron chi connectivity index (χ1n) is 6.11. The quantitative estimate of drug-likeness (QED) is 0.590. The Labute approximate surface area is 127 Å². The number of imidazole rings is 1. The van der Waals surface area contributed by atoms with Crippen LogP contribution >= 0.6 is 34.8 Å². The van der Waals surface area contributed by atoms with Gasteiger partial charge in [0.15, 0.2) is 0 Å². The number of fused-ring (bicyclic) bond motifs is 1. The Bertz CT molecular complexity index is 581. The maximum Gasteiger partial charge on any atom is 0.127 e. The van der Waals surface area contributed by atoms with Crippen molar-refractivity contribution in [1.82, 2.24) is 9.55 Å². The van der Waals surface area contributed by atoms with Crippen LogP contribution in [0.4, 0.5) is 0 Å². The van der Waals surface area contributed by atoms with E-state index in [4.69, 9.17) is 39.5 Å². The van der Waals surface area contributed by atoms with E-state index in [9.17, 15) is 0 Å². The zero-order valence-electron chi connectivity index (χ0n) is 10.8. The standard InChI is InChI=1S/C13H15Cl3N2O/c1-3-19-5-4-18-12-7-10(16)9(15)6-11(12)17-13(18)8(2)14/h6-8H,3-5H2,1-2H3. The van der Waals surface area contributed by atoms with Crippen LogP contribution in [-0.2, 0) is 11.3 Å². The molecule has 19 heavy (non-hydrogen) atoms. The maximum atomic E-state index is 6.18. The summed E-state index contributed by atoms with van der Waals surface area (Å²) in [7, 11) is 0. The molecule has 0 N–H and O–H groups in total. The Morgan fingerprint density at radius 1 is 1.32 bits per heavy atom. The van der Waals surface area contributed by atoms with Crippen LogP contribution in [0.2, 0.25) is 10.0 Å². The summed E-state index contributed by atoms with van der Waals surface area (Å²) in [5.41, 5.74) is 1.73. The van der Waals surface area contributed by atoms with Gasteiger partial charge >= 0.3 is 0 Å². The lowest BCUT2D eigenvalue weighted by molar-refractivity contribution is 0.139. The summed E-state index contributed by atoms with van der Waals surface area (Å²) in [5, 5.41) is 0.824. The number of hydrogen-bond acceptors (Lipinski definition) is 2. The van der Waals surface area contributed by atoms with Crippen LogP contribution in [0.25, 0.3) is 11.0 Å². The number of alkyl halides is 1. The Morgan fingerprint density at radius 3 is 2.63 bits per heavy atom. The lowest BCUT2D eigenvalue weighted by Gasteiger charge is -2.10. The highest BCUT2D eigenvalue weighted by atomic mass is 35.5. The number of aromatic nitrogens is 2. The third-order valence-corrected chi connectivity index (χ3v) is 3.76. The Balaban J connectivity index is 2.49. The van der Waals surface area contributed by atoms with E-state index in [0.717, 1.165) is 16.9 Å². The summed E-state index contributed by atoms with van der Waals surface area (Å²) in [5.74, 6) is 0.801. The molecule has 1 heterocycles. The third-order valence-electron chi connectivity index (χ3n) is 2.84. The molecule has 104 valence electrons. The fourth-order valence-corrected chi connectivity index (χ4v) is 2.46. The fraction of sp³-hybridized carbons (Fsp3) is 0.462. The Hall–Kier alpha value is -0.480. The molecule has 0 fully saturated rings. The van der Waals surface area contributed by atoms with E-state index < -0.39 is 0 Å². The molecule has 0 aliphatic heterocycles. The van der Waals surface area contributed by atoms with Gasteiger partial charge in [-0.25, -0.2) is 4.98 Å². The van der Waals surface area contributed by atoms with Gasteiger partial charge in [0.1, 0.15) is 5.82 Å². The molecule has 0 spiro atoms. The molecule has 0 bridgehead atoms. The van der Waals surface area contributed by atoms with E-state index in [0.29, 0.717) is 29.8 Å². The van der Waals surface area contributed by atoms with Gasteiger partial charge in [-0.05, 0) is 26.0 Å². The zero-order chi connectivity index (χ0) is 14.0. The van der Waals surface area contributed by atoms with Crippen molar-refractivity contribution in [2.45, 2.75) is 25.8 Å². The van der Waals surface area contributed by atoms with E-state index in [-0.39, 0.29) is 5.38 Å². The summed E-state index contributed by atoms with van der Waals surface area (Å²) >= 11 is 18.3. The number of benzene rings is 1. The van der Waals surface area contributed by atoms with Crippen molar-refractivity contribution in [2.24, 2.45) is 0 Å². The minimum Gasteiger partial charge on any atom is -0.380 e. The van der Waals surface area contributed by atoms with Gasteiger partial charge in [0, 0.05) is 13.2 Å². The van der Waals surface area contributed by atoms with Gasteiger partial charge in [-0.1, -0.05) is 23.2 Å². The predicted molar refractivity (Wildman–Crippen MR) is 80.5 cm³/mol. The lowest BCUT2D eigenvalue weighted by atomic mass is 10.3. The number of ether oxygens (including phenoxy) is 1. The SMILES string of the molecule is CCOCCn1c(C(C)Cl)nc2cc(Cl)c(Cl)cc21. The van der Waals surface area contributed by atoms with Gasteiger partial charge in [-0.3, -0.25) is 0 Å². The molecule has 1 atom stereocenters. The highest BCUT2D eigenvalue weighted by molar-refractivity contribution is 6.42. The zero-order valence-corrected chi connectivity index (χ0v) is 13.1. The van der Waals surface area contributed by atoms with E-state index in [1.54, 1.807) is 6.07 Å². The first-order valence-corrected chi connectivity index (χ1v) is 7.30. The molecule has 0 amide bonds. The van der Waals surface area contributed by atoms with Crippen LogP contribution in [0.3, 0.4) is 0 Å². The van der Waals surface area contributed by atoms with Crippen molar-refractivity contribution in [3.8, 4) is 0 Å². The summed E-state index contributed by atoms with van der Waals surface area (Å²) in [6, 6.07) is 3.58. The van der Waals surface area contributed by atoms with Crippen molar-refractivity contribution < 1.29 is 4.74 Å². The summed E-state index contributed by atoms with van der Waals surface area (Å²) in [6.45, 7) is 5.84. The topological polar surface area (TPSA) is 27.1 Å². The van der Waals surface area contributed by atoms with E-state index in [1.165, 1.54) is 0 Å².